The number of carbonyl (C=O) groups excluding carboxylic acids is 1. The van der Waals surface area contributed by atoms with Crippen LogP contribution in [0, 0.1) is 0 Å². The van der Waals surface area contributed by atoms with Gasteiger partial charge in [0.1, 0.15) is 5.75 Å². The van der Waals surface area contributed by atoms with Gasteiger partial charge in [-0.15, -0.1) is 0 Å². The lowest BCUT2D eigenvalue weighted by Gasteiger charge is -2.08. The van der Waals surface area contributed by atoms with Crippen LogP contribution in [0.25, 0.3) is 0 Å². The minimum atomic E-state index is -3.02. The molecule has 1 aromatic carbocycles. The summed E-state index contributed by atoms with van der Waals surface area (Å²) in [6.07, 6.45) is 0. The summed E-state index contributed by atoms with van der Waals surface area (Å²) in [5, 5.41) is -1.09. The van der Waals surface area contributed by atoms with Crippen molar-refractivity contribution < 1.29 is 18.3 Å². The van der Waals surface area contributed by atoms with E-state index >= 15 is 0 Å². The summed E-state index contributed by atoms with van der Waals surface area (Å²) in [5.41, 5.74) is -0.0649. The topological polar surface area (TPSA) is 26.3 Å². The van der Waals surface area contributed by atoms with E-state index in [1.807, 2.05) is 0 Å². The Balaban J connectivity index is 3.13. The second kappa shape index (κ2) is 4.96. The first-order chi connectivity index (χ1) is 6.91. The summed E-state index contributed by atoms with van der Waals surface area (Å²) in [5.74, 6) is -0.307. The standard InChI is InChI=1S/C8H3Cl3F2O2/c9-4-2-6(15-8(12)13)5(10)1-3(4)7(11)14/h1-2,8H. The fraction of sp³-hybridized carbons (Fsp3) is 0.125. The van der Waals surface area contributed by atoms with Gasteiger partial charge in [0.25, 0.3) is 5.24 Å². The predicted octanol–water partition coefficient (Wildman–Crippen LogP) is 3.97. The molecule has 1 rings (SSSR count). The van der Waals surface area contributed by atoms with Crippen molar-refractivity contribution in [3.05, 3.63) is 27.7 Å². The molecule has 0 amide bonds. The maximum absolute atomic E-state index is 11.9. The van der Waals surface area contributed by atoms with Crippen LogP contribution < -0.4 is 4.74 Å². The van der Waals surface area contributed by atoms with Gasteiger partial charge in [-0.25, -0.2) is 0 Å². The number of hydrogen-bond acceptors (Lipinski definition) is 2. The molecule has 15 heavy (non-hydrogen) atoms. The molecule has 0 saturated carbocycles. The Hall–Kier alpha value is -0.580. The molecule has 0 N–H and O–H groups in total. The maximum Gasteiger partial charge on any atom is 0.387 e. The van der Waals surface area contributed by atoms with Crippen LogP contribution in [0.5, 0.6) is 5.75 Å². The van der Waals surface area contributed by atoms with Crippen molar-refractivity contribution in [2.45, 2.75) is 6.61 Å². The number of carbonyl (C=O) groups is 1. The lowest BCUT2D eigenvalue weighted by Crippen LogP contribution is -2.03. The van der Waals surface area contributed by atoms with Crippen LogP contribution in [0.3, 0.4) is 0 Å². The van der Waals surface area contributed by atoms with E-state index in [9.17, 15) is 13.6 Å². The third kappa shape index (κ3) is 3.19. The first kappa shape index (κ1) is 12.5. The third-order valence-electron chi connectivity index (χ3n) is 1.45. The molecule has 0 aromatic heterocycles. The molecule has 0 atom stereocenters. The van der Waals surface area contributed by atoms with Gasteiger partial charge in [-0.05, 0) is 17.7 Å². The molecule has 1 aromatic rings. The highest BCUT2D eigenvalue weighted by molar-refractivity contribution is 6.68. The highest BCUT2D eigenvalue weighted by Gasteiger charge is 2.15. The smallest absolute Gasteiger partial charge is 0.387 e. The second-order valence-corrected chi connectivity index (χ2v) is 3.57. The molecule has 0 bridgehead atoms. The van der Waals surface area contributed by atoms with Crippen molar-refractivity contribution in [3.8, 4) is 5.75 Å². The molecular weight excluding hydrogens is 272 g/mol. The molecule has 7 heteroatoms. The second-order valence-electron chi connectivity index (χ2n) is 2.41. The zero-order valence-corrected chi connectivity index (χ0v) is 9.21. The molecular formula is C8H3Cl3F2O2. The van der Waals surface area contributed by atoms with Gasteiger partial charge >= 0.3 is 6.61 Å². The van der Waals surface area contributed by atoms with Crippen LogP contribution in [0.4, 0.5) is 8.78 Å². The molecule has 0 aliphatic heterocycles. The van der Waals surface area contributed by atoms with Crippen LogP contribution in [0.2, 0.25) is 10.0 Å². The van der Waals surface area contributed by atoms with Gasteiger partial charge < -0.3 is 4.74 Å². The van der Waals surface area contributed by atoms with Crippen molar-refractivity contribution in [2.75, 3.05) is 0 Å². The molecule has 82 valence electrons. The molecule has 0 aliphatic carbocycles. The van der Waals surface area contributed by atoms with Crippen molar-refractivity contribution in [2.24, 2.45) is 0 Å². The summed E-state index contributed by atoms with van der Waals surface area (Å²) in [7, 11) is 0. The zero-order chi connectivity index (χ0) is 11.6. The molecule has 0 fully saturated rings. The summed E-state index contributed by atoms with van der Waals surface area (Å²) < 4.78 is 27.8. The average Bonchev–Trinajstić information content (AvgIpc) is 2.09. The van der Waals surface area contributed by atoms with Crippen LogP contribution in [0.1, 0.15) is 10.4 Å². The van der Waals surface area contributed by atoms with Crippen LogP contribution in [-0.2, 0) is 0 Å². The number of halogens is 5. The monoisotopic (exact) mass is 274 g/mol. The van der Waals surface area contributed by atoms with Gasteiger partial charge in [0.2, 0.25) is 0 Å². The fourth-order valence-corrected chi connectivity index (χ4v) is 1.52. The van der Waals surface area contributed by atoms with E-state index in [4.69, 9.17) is 34.8 Å². The van der Waals surface area contributed by atoms with E-state index in [1.165, 1.54) is 0 Å². The first-order valence-electron chi connectivity index (χ1n) is 3.55. The maximum atomic E-state index is 11.9. The Morgan fingerprint density at radius 1 is 1.27 bits per heavy atom. The van der Waals surface area contributed by atoms with Crippen LogP contribution in [0.15, 0.2) is 12.1 Å². The number of hydrogen-bond donors (Lipinski definition) is 0. The minimum absolute atomic E-state index is 0.0649. The molecule has 0 spiro atoms. The lowest BCUT2D eigenvalue weighted by molar-refractivity contribution is -0.0497. The number of ether oxygens (including phenoxy) is 1. The minimum Gasteiger partial charge on any atom is -0.433 e. The summed E-state index contributed by atoms with van der Waals surface area (Å²) in [4.78, 5) is 10.8. The van der Waals surface area contributed by atoms with Crippen molar-refractivity contribution in [1.82, 2.24) is 0 Å². The fourth-order valence-electron chi connectivity index (χ4n) is 0.866. The van der Waals surface area contributed by atoms with Gasteiger partial charge in [0.05, 0.1) is 15.6 Å². The van der Waals surface area contributed by atoms with E-state index in [0.717, 1.165) is 12.1 Å². The highest BCUT2D eigenvalue weighted by atomic mass is 35.5. The van der Waals surface area contributed by atoms with E-state index < -0.39 is 11.9 Å². The average molecular weight is 275 g/mol. The number of alkyl halides is 2. The van der Waals surface area contributed by atoms with Crippen molar-refractivity contribution >= 4 is 40.0 Å². The van der Waals surface area contributed by atoms with Gasteiger partial charge in [0, 0.05) is 6.07 Å². The molecule has 2 nitrogen and oxygen atoms in total. The Morgan fingerprint density at radius 2 is 1.87 bits per heavy atom. The lowest BCUT2D eigenvalue weighted by atomic mass is 10.2. The van der Waals surface area contributed by atoms with Crippen molar-refractivity contribution in [1.29, 1.82) is 0 Å². The van der Waals surface area contributed by atoms with E-state index in [-0.39, 0.29) is 21.4 Å². The number of benzene rings is 1. The summed E-state index contributed by atoms with van der Waals surface area (Å²) in [6, 6.07) is 2.07. The molecule has 0 heterocycles. The third-order valence-corrected chi connectivity index (χ3v) is 2.26. The Labute approximate surface area is 98.7 Å². The van der Waals surface area contributed by atoms with Gasteiger partial charge in [-0.1, -0.05) is 23.2 Å². The largest absolute Gasteiger partial charge is 0.433 e. The molecule has 0 aliphatic rings. The van der Waals surface area contributed by atoms with Crippen LogP contribution in [-0.4, -0.2) is 11.9 Å². The SMILES string of the molecule is O=C(Cl)c1cc(Cl)c(OC(F)F)cc1Cl. The van der Waals surface area contributed by atoms with Gasteiger partial charge in [0.15, 0.2) is 0 Å². The molecule has 0 saturated heterocycles. The Bertz CT molecular complexity index is 396. The van der Waals surface area contributed by atoms with Crippen molar-refractivity contribution in [3.63, 3.8) is 0 Å². The highest BCUT2D eigenvalue weighted by Crippen LogP contribution is 2.32. The predicted molar refractivity (Wildman–Crippen MR) is 53.3 cm³/mol. The normalized spacial score (nSPS) is 10.5. The quantitative estimate of drug-likeness (QED) is 0.780. The van der Waals surface area contributed by atoms with E-state index in [1.54, 1.807) is 0 Å². The van der Waals surface area contributed by atoms with Gasteiger partial charge in [-0.3, -0.25) is 4.79 Å². The summed E-state index contributed by atoms with van der Waals surface area (Å²) in [6.45, 7) is -3.02. The van der Waals surface area contributed by atoms with Gasteiger partial charge in [-0.2, -0.15) is 8.78 Å². The molecule has 0 radical (unpaired) electrons. The van der Waals surface area contributed by atoms with Crippen LogP contribution >= 0.6 is 34.8 Å². The molecule has 0 unspecified atom stereocenters. The first-order valence-corrected chi connectivity index (χ1v) is 4.69. The van der Waals surface area contributed by atoms with E-state index in [2.05, 4.69) is 4.74 Å². The summed E-state index contributed by atoms with van der Waals surface area (Å²) >= 11 is 16.3. The van der Waals surface area contributed by atoms with E-state index in [0.29, 0.717) is 0 Å². The zero-order valence-electron chi connectivity index (χ0n) is 6.94. The Kier molecular flexibility index (Phi) is 4.13. The number of rotatable bonds is 3. The Morgan fingerprint density at radius 3 is 2.33 bits per heavy atom.